The molecule has 7 heteroatoms. The minimum absolute atomic E-state index is 0.0193. The number of ether oxygens (including phenoxy) is 4. The third-order valence-electron chi connectivity index (χ3n) is 8.97. The van der Waals surface area contributed by atoms with Crippen molar-refractivity contribution in [1.82, 2.24) is 4.90 Å². The first-order valence-corrected chi connectivity index (χ1v) is 16.2. The van der Waals surface area contributed by atoms with Gasteiger partial charge >= 0.3 is 5.97 Å². The van der Waals surface area contributed by atoms with Crippen LogP contribution in [0, 0.1) is 5.92 Å². The van der Waals surface area contributed by atoms with Crippen LogP contribution in [0.1, 0.15) is 70.8 Å². The van der Waals surface area contributed by atoms with Crippen LogP contribution in [0.3, 0.4) is 0 Å². The van der Waals surface area contributed by atoms with Gasteiger partial charge in [0.05, 0.1) is 25.4 Å². The molecule has 7 nitrogen and oxygen atoms in total. The van der Waals surface area contributed by atoms with Crippen molar-refractivity contribution < 1.29 is 28.8 Å². The summed E-state index contributed by atoms with van der Waals surface area (Å²) in [5.74, 6) is -0.558. The number of benzene rings is 2. The van der Waals surface area contributed by atoms with Crippen molar-refractivity contribution in [3.63, 3.8) is 0 Å². The van der Waals surface area contributed by atoms with E-state index in [9.17, 15) is 9.90 Å². The van der Waals surface area contributed by atoms with E-state index in [-0.39, 0.29) is 42.8 Å². The van der Waals surface area contributed by atoms with Gasteiger partial charge in [-0.25, -0.2) is 0 Å². The molecular weight excluding hydrogens is 542 g/mol. The van der Waals surface area contributed by atoms with E-state index >= 15 is 0 Å². The Balaban J connectivity index is 1.10. The molecule has 234 valence electrons. The second-order valence-electron chi connectivity index (χ2n) is 12.7. The molecule has 0 amide bonds. The number of aliphatic hydroxyl groups excluding tert-OH is 1. The van der Waals surface area contributed by atoms with Crippen LogP contribution in [0.15, 0.2) is 66.7 Å². The lowest BCUT2D eigenvalue weighted by atomic mass is 9.92. The molecule has 1 saturated carbocycles. The summed E-state index contributed by atoms with van der Waals surface area (Å²) in [6.45, 7) is 7.05. The van der Waals surface area contributed by atoms with E-state index < -0.39 is 5.79 Å². The van der Waals surface area contributed by atoms with Crippen LogP contribution in [0.2, 0.25) is 0 Å². The van der Waals surface area contributed by atoms with Crippen molar-refractivity contribution in [3.05, 3.63) is 72.3 Å². The molecule has 5 atom stereocenters. The minimum Gasteiger partial charge on any atom is -0.463 e. The molecule has 3 aliphatic rings. The lowest BCUT2D eigenvalue weighted by Crippen LogP contribution is -2.47. The monoisotopic (exact) mass is 591 g/mol. The Labute approximate surface area is 257 Å². The number of hydrogen-bond donors (Lipinski definition) is 1. The number of likely N-dealkylation sites (tertiary alicyclic amines) is 1. The average Bonchev–Trinajstić information content (AvgIpc) is 3.54. The lowest BCUT2D eigenvalue weighted by Gasteiger charge is -2.38. The molecule has 2 heterocycles. The topological polar surface area (TPSA) is 77.5 Å². The second kappa shape index (κ2) is 15.4. The highest BCUT2D eigenvalue weighted by atomic mass is 16.7. The van der Waals surface area contributed by atoms with Crippen molar-refractivity contribution >= 4 is 5.97 Å². The third-order valence-corrected chi connectivity index (χ3v) is 8.97. The van der Waals surface area contributed by atoms with E-state index in [4.69, 9.17) is 18.9 Å². The van der Waals surface area contributed by atoms with Gasteiger partial charge < -0.3 is 24.1 Å². The largest absolute Gasteiger partial charge is 0.463 e. The zero-order valence-electron chi connectivity index (χ0n) is 25.9. The highest BCUT2D eigenvalue weighted by Crippen LogP contribution is 2.38. The number of esters is 1. The quantitative estimate of drug-likeness (QED) is 0.217. The molecule has 1 unspecified atom stereocenters. The number of allylic oxidation sites excluding steroid dienone is 2. The van der Waals surface area contributed by atoms with Gasteiger partial charge in [-0.2, -0.15) is 0 Å². The molecule has 0 spiro atoms. The molecule has 2 saturated heterocycles. The van der Waals surface area contributed by atoms with Gasteiger partial charge in [-0.1, -0.05) is 73.2 Å². The smallest absolute Gasteiger partial charge is 0.306 e. The standard InChI is InChI=1S/C36H49NO6/c1-36(2)42-26-30(43-36)25-41-34(39)16-10-4-3-9-15-31-33(23-32(38)35(31)37-21-11-6-12-22-37)40-24-27-17-19-29(20-18-27)28-13-7-5-8-14-28/h3-5,7-8,13-14,17-20,30-33,35,38H,6,9-12,15-16,21-26H2,1-2H3/b4-3-/t30?,31-,32+,33-,35+/m0/s1. The van der Waals surface area contributed by atoms with Gasteiger partial charge in [-0.3, -0.25) is 9.69 Å². The number of aliphatic hydroxyl groups is 1. The third kappa shape index (κ3) is 9.22. The van der Waals surface area contributed by atoms with Gasteiger partial charge in [0.25, 0.3) is 0 Å². The molecule has 1 N–H and O–H groups in total. The van der Waals surface area contributed by atoms with E-state index in [0.717, 1.165) is 31.5 Å². The maximum atomic E-state index is 12.2. The van der Waals surface area contributed by atoms with Crippen molar-refractivity contribution in [3.8, 4) is 11.1 Å². The summed E-state index contributed by atoms with van der Waals surface area (Å²) < 4.78 is 23.1. The molecule has 3 fully saturated rings. The van der Waals surface area contributed by atoms with Crippen LogP contribution in [0.25, 0.3) is 11.1 Å². The number of nitrogens with zero attached hydrogens (tertiary/aromatic N) is 1. The van der Waals surface area contributed by atoms with Crippen LogP contribution < -0.4 is 0 Å². The van der Waals surface area contributed by atoms with Crippen molar-refractivity contribution in [2.45, 2.75) is 102 Å². The fourth-order valence-electron chi connectivity index (χ4n) is 6.79. The summed E-state index contributed by atoms with van der Waals surface area (Å²) in [6, 6.07) is 19.2. The Hall–Kier alpha value is -2.55. The van der Waals surface area contributed by atoms with Gasteiger partial charge in [-0.15, -0.1) is 0 Å². The van der Waals surface area contributed by atoms with E-state index in [1.807, 2.05) is 19.9 Å². The highest BCUT2D eigenvalue weighted by molar-refractivity contribution is 5.69. The van der Waals surface area contributed by atoms with Crippen LogP contribution in [0.5, 0.6) is 0 Å². The number of carbonyl (C=O) groups excluding carboxylic acids is 1. The molecular formula is C36H49NO6. The highest BCUT2D eigenvalue weighted by Gasteiger charge is 2.45. The van der Waals surface area contributed by atoms with Crippen molar-refractivity contribution in [1.29, 1.82) is 0 Å². The Kier molecular flexibility index (Phi) is 11.4. The number of rotatable bonds is 13. The van der Waals surface area contributed by atoms with Gasteiger partial charge in [0.2, 0.25) is 0 Å². The second-order valence-corrected chi connectivity index (χ2v) is 12.7. The molecule has 2 aliphatic heterocycles. The van der Waals surface area contributed by atoms with E-state index in [1.165, 1.54) is 30.4 Å². The van der Waals surface area contributed by atoms with E-state index in [0.29, 0.717) is 32.5 Å². The lowest BCUT2D eigenvalue weighted by molar-refractivity contribution is -0.158. The number of hydrogen-bond acceptors (Lipinski definition) is 7. The Bertz CT molecular complexity index is 1160. The Morgan fingerprint density at radius 1 is 1.00 bits per heavy atom. The zero-order valence-corrected chi connectivity index (χ0v) is 25.9. The molecule has 2 aromatic carbocycles. The van der Waals surface area contributed by atoms with Crippen LogP contribution >= 0.6 is 0 Å². The molecule has 0 bridgehead atoms. The Morgan fingerprint density at radius 3 is 2.44 bits per heavy atom. The van der Waals surface area contributed by atoms with Gasteiger partial charge in [0, 0.05) is 24.8 Å². The average molecular weight is 592 g/mol. The Morgan fingerprint density at radius 2 is 1.72 bits per heavy atom. The summed E-state index contributed by atoms with van der Waals surface area (Å²) in [5, 5.41) is 11.2. The van der Waals surface area contributed by atoms with Gasteiger partial charge in [0.1, 0.15) is 12.7 Å². The number of piperidine rings is 1. The summed E-state index contributed by atoms with van der Waals surface area (Å²) in [5.41, 5.74) is 3.56. The fourth-order valence-corrected chi connectivity index (χ4v) is 6.79. The molecule has 5 rings (SSSR count). The van der Waals surface area contributed by atoms with Crippen LogP contribution in [0.4, 0.5) is 0 Å². The fraction of sp³-hybridized carbons (Fsp3) is 0.583. The zero-order chi connectivity index (χ0) is 30.1. The maximum absolute atomic E-state index is 12.2. The van der Waals surface area contributed by atoms with Crippen molar-refractivity contribution in [2.75, 3.05) is 26.3 Å². The summed E-state index contributed by atoms with van der Waals surface area (Å²) in [7, 11) is 0. The van der Waals surface area contributed by atoms with E-state index in [1.54, 1.807) is 0 Å². The number of carbonyl (C=O) groups is 1. The maximum Gasteiger partial charge on any atom is 0.306 e. The first-order chi connectivity index (χ1) is 20.9. The van der Waals surface area contributed by atoms with Crippen molar-refractivity contribution in [2.24, 2.45) is 5.92 Å². The predicted octanol–water partition coefficient (Wildman–Crippen LogP) is 6.29. The summed E-state index contributed by atoms with van der Waals surface area (Å²) in [4.78, 5) is 14.7. The van der Waals surface area contributed by atoms with Gasteiger partial charge in [-0.05, 0) is 75.7 Å². The van der Waals surface area contributed by atoms with Crippen LogP contribution in [-0.2, 0) is 30.3 Å². The van der Waals surface area contributed by atoms with Crippen LogP contribution in [-0.4, -0.2) is 72.4 Å². The minimum atomic E-state index is -0.611. The molecule has 0 aromatic heterocycles. The molecule has 2 aromatic rings. The molecule has 43 heavy (non-hydrogen) atoms. The summed E-state index contributed by atoms with van der Waals surface area (Å²) >= 11 is 0. The molecule has 0 radical (unpaired) electrons. The predicted molar refractivity (Wildman–Crippen MR) is 167 cm³/mol. The first kappa shape index (κ1) is 31.9. The SMILES string of the molecule is CC1(C)OCC(COC(=O)CC/C=C\CC[C@@H]2[C@@H](N3CCCCC3)[C@H](O)C[C@@H]2OCc2ccc(-c3ccccc3)cc2)O1. The van der Waals surface area contributed by atoms with Gasteiger partial charge in [0.15, 0.2) is 5.79 Å². The first-order valence-electron chi connectivity index (χ1n) is 16.2. The summed E-state index contributed by atoms with van der Waals surface area (Å²) in [6.07, 6.45) is 10.9. The molecule has 1 aliphatic carbocycles. The normalized spacial score (nSPS) is 27.6. The van der Waals surface area contributed by atoms with E-state index in [2.05, 4.69) is 65.6 Å².